The molecular formula is C39H77N2+. The number of H-pyrrole nitrogens is 1. The zero-order valence-corrected chi connectivity index (χ0v) is 29.0. The number of rotatable bonds is 32. The average molecular weight is 574 g/mol. The van der Waals surface area contributed by atoms with Crippen molar-refractivity contribution in [3.63, 3.8) is 0 Å². The van der Waals surface area contributed by atoms with Crippen molar-refractivity contribution in [2.75, 3.05) is 0 Å². The number of hydrogen-bond donors (Lipinski definition) is 1. The standard InChI is InChI=1S/C39H76N2/c1-5-8-11-14-16-18-20-22-24-26-28-31-34-38(33-30-27-25-23-21-19-17-15-12-9-6-2)39-40-35-36-41(39)37(4)32-29-13-10-7-3/h35-38H,5-34H2,1-4H3/p+1. The van der Waals surface area contributed by atoms with Crippen LogP contribution in [-0.2, 0) is 0 Å². The third-order valence-electron chi connectivity index (χ3n) is 9.64. The van der Waals surface area contributed by atoms with Crippen LogP contribution >= 0.6 is 0 Å². The minimum atomic E-state index is 0.620. The summed E-state index contributed by atoms with van der Waals surface area (Å²) in [6, 6.07) is 0.620. The lowest BCUT2D eigenvalue weighted by Gasteiger charge is -2.17. The zero-order chi connectivity index (χ0) is 29.6. The third-order valence-corrected chi connectivity index (χ3v) is 9.64. The van der Waals surface area contributed by atoms with Crippen LogP contribution in [0.3, 0.4) is 0 Å². The van der Waals surface area contributed by atoms with Crippen molar-refractivity contribution in [2.24, 2.45) is 0 Å². The Bertz CT molecular complexity index is 635. The van der Waals surface area contributed by atoms with Gasteiger partial charge < -0.3 is 0 Å². The first kappa shape index (κ1) is 38.2. The minimum Gasteiger partial charge on any atom is -0.247 e. The van der Waals surface area contributed by atoms with Gasteiger partial charge in [0.05, 0.1) is 12.0 Å². The normalized spacial score (nSPS) is 13.2. The lowest BCUT2D eigenvalue weighted by molar-refractivity contribution is -0.727. The predicted octanol–water partition coefficient (Wildman–Crippen LogP) is 13.7. The highest BCUT2D eigenvalue weighted by Crippen LogP contribution is 2.27. The van der Waals surface area contributed by atoms with Gasteiger partial charge in [0.2, 0.25) is 0 Å². The molecule has 0 aliphatic carbocycles. The van der Waals surface area contributed by atoms with Crippen LogP contribution in [0.1, 0.15) is 238 Å². The third kappa shape index (κ3) is 21.5. The van der Waals surface area contributed by atoms with Crippen molar-refractivity contribution in [1.29, 1.82) is 0 Å². The van der Waals surface area contributed by atoms with Gasteiger partial charge in [-0.05, 0) is 32.6 Å². The maximum absolute atomic E-state index is 3.73. The van der Waals surface area contributed by atoms with Crippen molar-refractivity contribution >= 4 is 0 Å². The largest absolute Gasteiger partial charge is 0.257 e. The first-order valence-electron chi connectivity index (χ1n) is 19.3. The molecule has 242 valence electrons. The second-order valence-electron chi connectivity index (χ2n) is 13.6. The number of imidazole rings is 1. The van der Waals surface area contributed by atoms with E-state index in [2.05, 4.69) is 49.6 Å². The molecule has 0 radical (unpaired) electrons. The molecular weight excluding hydrogens is 496 g/mol. The molecule has 0 amide bonds. The Morgan fingerprint density at radius 3 is 1.17 bits per heavy atom. The SMILES string of the molecule is CCCCCCCCCCCCCCC(CCCCCCCCCCCCC)c1[nH]cc[n+]1C(C)CCCCCC. The summed E-state index contributed by atoms with van der Waals surface area (Å²) in [6.07, 6.45) is 47.2. The quantitative estimate of drug-likeness (QED) is 0.0653. The van der Waals surface area contributed by atoms with Gasteiger partial charge in [0.25, 0.3) is 5.82 Å². The van der Waals surface area contributed by atoms with Crippen LogP contribution in [0.15, 0.2) is 12.4 Å². The van der Waals surface area contributed by atoms with Gasteiger partial charge in [0.15, 0.2) is 0 Å². The van der Waals surface area contributed by atoms with E-state index in [1.165, 1.54) is 198 Å². The highest BCUT2D eigenvalue weighted by atomic mass is 15.1. The smallest absolute Gasteiger partial charge is 0.247 e. The summed E-state index contributed by atoms with van der Waals surface area (Å²) in [4.78, 5) is 3.73. The van der Waals surface area contributed by atoms with Gasteiger partial charge in [-0.25, -0.2) is 9.55 Å². The van der Waals surface area contributed by atoms with E-state index in [0.29, 0.717) is 12.0 Å². The summed E-state index contributed by atoms with van der Waals surface area (Å²) in [6.45, 7) is 9.39. The van der Waals surface area contributed by atoms with E-state index in [-0.39, 0.29) is 0 Å². The van der Waals surface area contributed by atoms with Crippen LogP contribution in [0.25, 0.3) is 0 Å². The first-order valence-corrected chi connectivity index (χ1v) is 19.3. The minimum absolute atomic E-state index is 0.620. The molecule has 2 heteroatoms. The molecule has 0 fully saturated rings. The molecule has 2 unspecified atom stereocenters. The average Bonchev–Trinajstić information content (AvgIpc) is 3.47. The Kier molecular flexibility index (Phi) is 27.3. The van der Waals surface area contributed by atoms with Gasteiger partial charge in [-0.2, -0.15) is 0 Å². The van der Waals surface area contributed by atoms with Crippen LogP contribution in [-0.4, -0.2) is 4.98 Å². The number of aromatic amines is 1. The Morgan fingerprint density at radius 1 is 0.463 bits per heavy atom. The number of nitrogens with one attached hydrogen (secondary N) is 1. The lowest BCUT2D eigenvalue weighted by atomic mass is 9.92. The molecule has 0 spiro atoms. The van der Waals surface area contributed by atoms with Gasteiger partial charge in [0.1, 0.15) is 12.4 Å². The number of unbranched alkanes of at least 4 members (excludes halogenated alkanes) is 24. The summed E-state index contributed by atoms with van der Waals surface area (Å²) >= 11 is 0. The second-order valence-corrected chi connectivity index (χ2v) is 13.6. The molecule has 41 heavy (non-hydrogen) atoms. The maximum Gasteiger partial charge on any atom is 0.257 e. The molecule has 1 rings (SSSR count). The van der Waals surface area contributed by atoms with Gasteiger partial charge in [-0.1, -0.05) is 188 Å². The number of aromatic nitrogens is 2. The summed E-state index contributed by atoms with van der Waals surface area (Å²) < 4.78 is 2.62. The van der Waals surface area contributed by atoms with Crippen molar-refractivity contribution in [3.05, 3.63) is 18.2 Å². The Hall–Kier alpha value is -0.790. The van der Waals surface area contributed by atoms with Gasteiger partial charge in [-0.15, -0.1) is 0 Å². The van der Waals surface area contributed by atoms with Gasteiger partial charge in [0, 0.05) is 0 Å². The highest BCUT2D eigenvalue weighted by Gasteiger charge is 2.25. The molecule has 0 aliphatic heterocycles. The molecule has 0 saturated heterocycles. The molecule has 0 aromatic carbocycles. The van der Waals surface area contributed by atoms with Crippen LogP contribution < -0.4 is 4.57 Å². The van der Waals surface area contributed by atoms with Crippen LogP contribution in [0.4, 0.5) is 0 Å². The van der Waals surface area contributed by atoms with E-state index < -0.39 is 0 Å². The van der Waals surface area contributed by atoms with Crippen LogP contribution in [0, 0.1) is 0 Å². The Morgan fingerprint density at radius 2 is 0.780 bits per heavy atom. The molecule has 1 N–H and O–H groups in total. The van der Waals surface area contributed by atoms with Crippen molar-refractivity contribution in [1.82, 2.24) is 4.98 Å². The molecule has 1 aromatic rings. The van der Waals surface area contributed by atoms with Crippen LogP contribution in [0.2, 0.25) is 0 Å². The van der Waals surface area contributed by atoms with Crippen LogP contribution in [0.5, 0.6) is 0 Å². The summed E-state index contributed by atoms with van der Waals surface area (Å²) in [7, 11) is 0. The Labute approximate surface area is 259 Å². The molecule has 0 saturated carbocycles. The van der Waals surface area contributed by atoms with E-state index >= 15 is 0 Å². The second kappa shape index (κ2) is 29.3. The fourth-order valence-electron chi connectivity index (χ4n) is 6.78. The molecule has 0 aliphatic rings. The van der Waals surface area contributed by atoms with Crippen molar-refractivity contribution in [2.45, 2.75) is 232 Å². The predicted molar refractivity (Wildman–Crippen MR) is 184 cm³/mol. The van der Waals surface area contributed by atoms with Crippen molar-refractivity contribution in [3.8, 4) is 0 Å². The van der Waals surface area contributed by atoms with E-state index in [4.69, 9.17) is 0 Å². The van der Waals surface area contributed by atoms with Gasteiger partial charge >= 0.3 is 0 Å². The topological polar surface area (TPSA) is 19.7 Å². The maximum atomic E-state index is 3.73. The summed E-state index contributed by atoms with van der Waals surface area (Å²) in [5, 5.41) is 0. The lowest BCUT2D eigenvalue weighted by Crippen LogP contribution is -2.41. The van der Waals surface area contributed by atoms with E-state index in [1.807, 2.05) is 0 Å². The molecule has 1 aromatic heterocycles. The molecule has 0 bridgehead atoms. The summed E-state index contributed by atoms with van der Waals surface area (Å²) in [5.41, 5.74) is 0. The molecule has 1 heterocycles. The van der Waals surface area contributed by atoms with E-state index in [1.54, 1.807) is 0 Å². The molecule has 2 nitrogen and oxygen atoms in total. The van der Waals surface area contributed by atoms with Crippen molar-refractivity contribution < 1.29 is 4.57 Å². The fraction of sp³-hybridized carbons (Fsp3) is 0.923. The molecule has 2 atom stereocenters. The van der Waals surface area contributed by atoms with E-state index in [9.17, 15) is 0 Å². The first-order chi connectivity index (χ1) is 20.2. The number of hydrogen-bond acceptors (Lipinski definition) is 0. The van der Waals surface area contributed by atoms with E-state index in [0.717, 1.165) is 0 Å². The zero-order valence-electron chi connectivity index (χ0n) is 29.0. The van der Waals surface area contributed by atoms with Gasteiger partial charge in [-0.3, -0.25) is 0 Å². The highest BCUT2D eigenvalue weighted by molar-refractivity contribution is 4.90. The summed E-state index contributed by atoms with van der Waals surface area (Å²) in [5.74, 6) is 2.24. The fourth-order valence-corrected chi connectivity index (χ4v) is 6.78. The number of nitrogens with zero attached hydrogens (tertiary/aromatic N) is 1. The monoisotopic (exact) mass is 574 g/mol. The Balaban J connectivity index is 2.38.